The average Bonchev–Trinajstić information content (AvgIpc) is 2.83. The van der Waals surface area contributed by atoms with Gasteiger partial charge in [0, 0.05) is 35.1 Å². The van der Waals surface area contributed by atoms with Gasteiger partial charge in [0.2, 0.25) is 0 Å². The number of thiophene rings is 1. The summed E-state index contributed by atoms with van der Waals surface area (Å²) in [5.74, 6) is 0. The summed E-state index contributed by atoms with van der Waals surface area (Å²) >= 11 is 1.91. The van der Waals surface area contributed by atoms with Crippen molar-refractivity contribution in [3.8, 4) is 0 Å². The number of aryl methyl sites for hydroxylation is 1. The fraction of sp³-hybridized carbons (Fsp3) is 0.412. The molecule has 0 aliphatic carbocycles. The first-order valence-electron chi connectivity index (χ1n) is 7.33. The summed E-state index contributed by atoms with van der Waals surface area (Å²) in [6, 6.07) is 13.0. The molecule has 2 rings (SSSR count). The largest absolute Gasteiger partial charge is 0.367 e. The molecule has 1 heterocycles. The van der Waals surface area contributed by atoms with Crippen LogP contribution in [0.15, 0.2) is 36.4 Å². The first-order valence-corrected chi connectivity index (χ1v) is 8.15. The molecule has 1 aromatic heterocycles. The SMILES string of the molecule is CCNCc1cc(CN(CC)c2ccccc2)c(C)s1. The molecule has 20 heavy (non-hydrogen) atoms. The van der Waals surface area contributed by atoms with E-state index in [1.165, 1.54) is 21.0 Å². The molecule has 2 aromatic rings. The van der Waals surface area contributed by atoms with Crippen LogP contribution in [0.1, 0.15) is 29.2 Å². The molecule has 0 amide bonds. The minimum absolute atomic E-state index is 0.986. The standard InChI is InChI=1S/C17H24N2S/c1-4-18-12-17-11-15(14(3)20-17)13-19(5-2)16-9-7-6-8-10-16/h6-11,18H,4-5,12-13H2,1-3H3. The molecule has 0 unspecified atom stereocenters. The van der Waals surface area contributed by atoms with E-state index in [0.29, 0.717) is 0 Å². The number of hydrogen-bond acceptors (Lipinski definition) is 3. The number of benzene rings is 1. The van der Waals surface area contributed by atoms with Crippen LogP contribution in [-0.2, 0) is 13.1 Å². The molecule has 0 fully saturated rings. The van der Waals surface area contributed by atoms with Crippen LogP contribution in [0.3, 0.4) is 0 Å². The van der Waals surface area contributed by atoms with E-state index in [-0.39, 0.29) is 0 Å². The molecular weight excluding hydrogens is 264 g/mol. The highest BCUT2D eigenvalue weighted by Crippen LogP contribution is 2.25. The predicted molar refractivity (Wildman–Crippen MR) is 89.6 cm³/mol. The second-order valence-corrected chi connectivity index (χ2v) is 6.27. The monoisotopic (exact) mass is 288 g/mol. The highest BCUT2D eigenvalue weighted by molar-refractivity contribution is 7.12. The summed E-state index contributed by atoms with van der Waals surface area (Å²) in [5, 5.41) is 3.40. The molecule has 1 aromatic carbocycles. The molecule has 0 atom stereocenters. The molecule has 0 bridgehead atoms. The van der Waals surface area contributed by atoms with Gasteiger partial charge >= 0.3 is 0 Å². The number of nitrogens with zero attached hydrogens (tertiary/aromatic N) is 1. The zero-order valence-corrected chi connectivity index (χ0v) is 13.5. The van der Waals surface area contributed by atoms with Gasteiger partial charge in [-0.05, 0) is 44.2 Å². The Balaban J connectivity index is 2.09. The van der Waals surface area contributed by atoms with Crippen molar-refractivity contribution in [3.63, 3.8) is 0 Å². The molecule has 0 saturated carbocycles. The number of rotatable bonds is 7. The van der Waals surface area contributed by atoms with Gasteiger partial charge < -0.3 is 10.2 Å². The second kappa shape index (κ2) is 7.46. The van der Waals surface area contributed by atoms with Crippen LogP contribution < -0.4 is 10.2 Å². The van der Waals surface area contributed by atoms with Crippen LogP contribution >= 0.6 is 11.3 Å². The van der Waals surface area contributed by atoms with Crippen LogP contribution in [0, 0.1) is 6.92 Å². The fourth-order valence-electron chi connectivity index (χ4n) is 2.31. The molecule has 0 spiro atoms. The lowest BCUT2D eigenvalue weighted by Crippen LogP contribution is -2.21. The summed E-state index contributed by atoms with van der Waals surface area (Å²) < 4.78 is 0. The van der Waals surface area contributed by atoms with E-state index in [4.69, 9.17) is 0 Å². The first-order chi connectivity index (χ1) is 9.74. The third kappa shape index (κ3) is 3.84. The zero-order valence-electron chi connectivity index (χ0n) is 12.6. The van der Waals surface area contributed by atoms with Gasteiger partial charge in [0.1, 0.15) is 0 Å². The van der Waals surface area contributed by atoms with Crippen LogP contribution in [0.4, 0.5) is 5.69 Å². The van der Waals surface area contributed by atoms with Gasteiger partial charge in [0.05, 0.1) is 0 Å². The summed E-state index contributed by atoms with van der Waals surface area (Å²) in [6.07, 6.45) is 0. The Morgan fingerprint density at radius 2 is 1.90 bits per heavy atom. The minimum atomic E-state index is 0.986. The third-order valence-electron chi connectivity index (χ3n) is 3.49. The van der Waals surface area contributed by atoms with Crippen molar-refractivity contribution in [2.45, 2.75) is 33.9 Å². The van der Waals surface area contributed by atoms with Crippen LogP contribution in [-0.4, -0.2) is 13.1 Å². The number of hydrogen-bond donors (Lipinski definition) is 1. The highest BCUT2D eigenvalue weighted by Gasteiger charge is 2.10. The molecule has 108 valence electrons. The summed E-state index contributed by atoms with van der Waals surface area (Å²) in [7, 11) is 0. The number of anilines is 1. The molecule has 0 radical (unpaired) electrons. The average molecular weight is 288 g/mol. The minimum Gasteiger partial charge on any atom is -0.367 e. The van der Waals surface area contributed by atoms with E-state index in [0.717, 1.165) is 26.2 Å². The molecule has 0 aliphatic rings. The lowest BCUT2D eigenvalue weighted by Gasteiger charge is -2.23. The lowest BCUT2D eigenvalue weighted by atomic mass is 10.2. The molecule has 2 nitrogen and oxygen atoms in total. The van der Waals surface area contributed by atoms with Gasteiger partial charge in [-0.3, -0.25) is 0 Å². The number of para-hydroxylation sites is 1. The van der Waals surface area contributed by atoms with Gasteiger partial charge in [-0.2, -0.15) is 0 Å². The Labute approximate surface area is 126 Å². The Bertz CT molecular complexity index is 519. The maximum atomic E-state index is 3.40. The van der Waals surface area contributed by atoms with Crippen LogP contribution in [0.5, 0.6) is 0 Å². The van der Waals surface area contributed by atoms with E-state index in [2.05, 4.69) is 67.4 Å². The van der Waals surface area contributed by atoms with Crippen molar-refractivity contribution in [3.05, 3.63) is 51.7 Å². The first kappa shape index (κ1) is 15.1. The molecule has 0 saturated heterocycles. The third-order valence-corrected chi connectivity index (χ3v) is 4.58. The predicted octanol–water partition coefficient (Wildman–Crippen LogP) is 4.19. The Morgan fingerprint density at radius 3 is 2.55 bits per heavy atom. The van der Waals surface area contributed by atoms with Crippen molar-refractivity contribution in [2.24, 2.45) is 0 Å². The highest BCUT2D eigenvalue weighted by atomic mass is 32.1. The van der Waals surface area contributed by atoms with Gasteiger partial charge in [0.15, 0.2) is 0 Å². The molecule has 1 N–H and O–H groups in total. The lowest BCUT2D eigenvalue weighted by molar-refractivity contribution is 0.734. The molecule has 3 heteroatoms. The van der Waals surface area contributed by atoms with Crippen LogP contribution in [0.2, 0.25) is 0 Å². The van der Waals surface area contributed by atoms with E-state index in [1.54, 1.807) is 0 Å². The van der Waals surface area contributed by atoms with Gasteiger partial charge in [0.25, 0.3) is 0 Å². The van der Waals surface area contributed by atoms with Gasteiger partial charge in [-0.15, -0.1) is 11.3 Å². The zero-order chi connectivity index (χ0) is 14.4. The smallest absolute Gasteiger partial charge is 0.0440 e. The molecular formula is C17H24N2S. The number of nitrogens with one attached hydrogen (secondary N) is 1. The van der Waals surface area contributed by atoms with Gasteiger partial charge in [-0.25, -0.2) is 0 Å². The van der Waals surface area contributed by atoms with E-state index in [1.807, 2.05) is 11.3 Å². The normalized spacial score (nSPS) is 10.8. The Hall–Kier alpha value is -1.32. The Kier molecular flexibility index (Phi) is 5.62. The van der Waals surface area contributed by atoms with Crippen molar-refractivity contribution in [1.29, 1.82) is 0 Å². The summed E-state index contributed by atoms with van der Waals surface area (Å²) in [6.45, 7) is 10.6. The van der Waals surface area contributed by atoms with Crippen molar-refractivity contribution >= 4 is 17.0 Å². The molecule has 0 aliphatic heterocycles. The van der Waals surface area contributed by atoms with Crippen LogP contribution in [0.25, 0.3) is 0 Å². The Morgan fingerprint density at radius 1 is 1.15 bits per heavy atom. The van der Waals surface area contributed by atoms with E-state index < -0.39 is 0 Å². The van der Waals surface area contributed by atoms with Crippen molar-refractivity contribution < 1.29 is 0 Å². The summed E-state index contributed by atoms with van der Waals surface area (Å²) in [5.41, 5.74) is 2.75. The van der Waals surface area contributed by atoms with Gasteiger partial charge in [-0.1, -0.05) is 25.1 Å². The second-order valence-electron chi connectivity index (χ2n) is 4.92. The van der Waals surface area contributed by atoms with E-state index >= 15 is 0 Å². The maximum absolute atomic E-state index is 3.40. The van der Waals surface area contributed by atoms with Crippen molar-refractivity contribution in [1.82, 2.24) is 5.32 Å². The quantitative estimate of drug-likeness (QED) is 0.821. The van der Waals surface area contributed by atoms with Crippen molar-refractivity contribution in [2.75, 3.05) is 18.0 Å². The van der Waals surface area contributed by atoms with E-state index in [9.17, 15) is 0 Å². The topological polar surface area (TPSA) is 15.3 Å². The fourth-order valence-corrected chi connectivity index (χ4v) is 3.33. The summed E-state index contributed by atoms with van der Waals surface area (Å²) in [4.78, 5) is 5.29. The maximum Gasteiger partial charge on any atom is 0.0440 e.